The van der Waals surface area contributed by atoms with Crippen LogP contribution in [0.2, 0.25) is 0 Å². The van der Waals surface area contributed by atoms with Crippen LogP contribution in [-0.4, -0.2) is 47.6 Å². The first kappa shape index (κ1) is 14.1. The first-order valence-electron chi connectivity index (χ1n) is 4.44. The van der Waals surface area contributed by atoms with E-state index in [1.54, 1.807) is 11.8 Å². The van der Waals surface area contributed by atoms with Gasteiger partial charge in [-0.25, -0.2) is 0 Å². The quantitative estimate of drug-likeness (QED) is 0.313. The van der Waals surface area contributed by atoms with Gasteiger partial charge in [0.2, 0.25) is 0 Å². The molecule has 4 nitrogen and oxygen atoms in total. The molecule has 0 heterocycles. The second kappa shape index (κ2) is 9.64. The van der Waals surface area contributed by atoms with Crippen molar-refractivity contribution in [1.29, 1.82) is 0 Å². The van der Waals surface area contributed by atoms with Crippen LogP contribution in [0, 0.1) is 0 Å². The van der Waals surface area contributed by atoms with Gasteiger partial charge in [-0.3, -0.25) is 4.79 Å². The molecule has 0 rings (SSSR count). The molecule has 0 unspecified atom stereocenters. The molecule has 0 aliphatic carbocycles. The first-order chi connectivity index (χ1) is 6.72. The predicted molar refractivity (Wildman–Crippen MR) is 61.8 cm³/mol. The Morgan fingerprint density at radius 1 is 1.57 bits per heavy atom. The third kappa shape index (κ3) is 7.49. The fourth-order valence-electron chi connectivity index (χ4n) is 0.748. The van der Waals surface area contributed by atoms with Crippen molar-refractivity contribution < 1.29 is 14.6 Å². The van der Waals surface area contributed by atoms with Gasteiger partial charge in [-0.05, 0) is 12.2 Å². The molecule has 0 aromatic rings. The van der Waals surface area contributed by atoms with E-state index in [4.69, 9.17) is 15.6 Å². The van der Waals surface area contributed by atoms with Crippen molar-refractivity contribution in [2.75, 3.05) is 30.5 Å². The number of carbonyl (C=O) groups is 1. The Hall–Kier alpha value is 0.0900. The zero-order valence-electron chi connectivity index (χ0n) is 8.02. The van der Waals surface area contributed by atoms with Crippen molar-refractivity contribution in [3.8, 4) is 0 Å². The number of rotatable bonds is 8. The van der Waals surface area contributed by atoms with E-state index in [-0.39, 0.29) is 12.6 Å². The predicted octanol–water partition coefficient (Wildman–Crippen LogP) is -0.0977. The molecule has 14 heavy (non-hydrogen) atoms. The SMILES string of the molecule is N[C@H](CCSCCO)C(=O)OCCS. The maximum absolute atomic E-state index is 11.1. The van der Waals surface area contributed by atoms with Crippen molar-refractivity contribution in [3.63, 3.8) is 0 Å². The van der Waals surface area contributed by atoms with E-state index in [0.29, 0.717) is 24.5 Å². The molecule has 0 spiro atoms. The van der Waals surface area contributed by atoms with Crippen LogP contribution in [0.15, 0.2) is 0 Å². The molecule has 0 saturated heterocycles. The molecule has 0 saturated carbocycles. The molecular weight excluding hydrogens is 222 g/mol. The number of hydrogen-bond acceptors (Lipinski definition) is 6. The van der Waals surface area contributed by atoms with Gasteiger partial charge in [0.1, 0.15) is 12.6 Å². The van der Waals surface area contributed by atoms with E-state index in [9.17, 15) is 4.79 Å². The van der Waals surface area contributed by atoms with Gasteiger partial charge in [-0.15, -0.1) is 0 Å². The second-order valence-electron chi connectivity index (χ2n) is 2.62. The lowest BCUT2D eigenvalue weighted by Crippen LogP contribution is -2.33. The molecule has 0 aliphatic heterocycles. The normalized spacial score (nSPS) is 12.5. The average Bonchev–Trinajstić information content (AvgIpc) is 2.20. The Labute approximate surface area is 94.0 Å². The van der Waals surface area contributed by atoms with Gasteiger partial charge >= 0.3 is 5.97 Å². The smallest absolute Gasteiger partial charge is 0.322 e. The summed E-state index contributed by atoms with van der Waals surface area (Å²) >= 11 is 5.48. The van der Waals surface area contributed by atoms with Gasteiger partial charge in [-0.2, -0.15) is 24.4 Å². The van der Waals surface area contributed by atoms with Gasteiger partial charge in [0.15, 0.2) is 0 Å². The number of nitrogens with two attached hydrogens (primary N) is 1. The summed E-state index contributed by atoms with van der Waals surface area (Å²) < 4.78 is 4.81. The number of thiol groups is 1. The van der Waals surface area contributed by atoms with E-state index in [1.165, 1.54) is 0 Å². The lowest BCUT2D eigenvalue weighted by molar-refractivity contribution is -0.144. The van der Waals surface area contributed by atoms with E-state index >= 15 is 0 Å². The van der Waals surface area contributed by atoms with E-state index < -0.39 is 6.04 Å². The Bertz CT molecular complexity index is 158. The van der Waals surface area contributed by atoms with Crippen molar-refractivity contribution >= 4 is 30.4 Å². The molecule has 0 radical (unpaired) electrons. The lowest BCUT2D eigenvalue weighted by Gasteiger charge is -2.10. The number of esters is 1. The lowest BCUT2D eigenvalue weighted by atomic mass is 10.2. The number of aliphatic hydroxyl groups excluding tert-OH is 1. The molecule has 1 atom stereocenters. The fourth-order valence-corrected chi connectivity index (χ4v) is 1.59. The summed E-state index contributed by atoms with van der Waals surface area (Å²) in [4.78, 5) is 11.1. The molecule has 84 valence electrons. The molecule has 0 bridgehead atoms. The maximum atomic E-state index is 11.1. The monoisotopic (exact) mass is 239 g/mol. The van der Waals surface area contributed by atoms with Crippen LogP contribution in [0.25, 0.3) is 0 Å². The van der Waals surface area contributed by atoms with Gasteiger partial charge in [-0.1, -0.05) is 0 Å². The maximum Gasteiger partial charge on any atom is 0.322 e. The minimum absolute atomic E-state index is 0.157. The van der Waals surface area contributed by atoms with E-state index in [0.717, 1.165) is 5.75 Å². The third-order valence-electron chi connectivity index (χ3n) is 1.45. The number of thioether (sulfide) groups is 1. The number of aliphatic hydroxyl groups is 1. The highest BCUT2D eigenvalue weighted by Crippen LogP contribution is 2.04. The van der Waals surface area contributed by atoms with Crippen LogP contribution >= 0.6 is 24.4 Å². The van der Waals surface area contributed by atoms with Crippen molar-refractivity contribution in [2.24, 2.45) is 5.73 Å². The van der Waals surface area contributed by atoms with Crippen molar-refractivity contribution in [2.45, 2.75) is 12.5 Å². The standard InChI is InChI=1S/C8H17NO3S2/c9-7(1-5-14-6-2-10)8(11)12-3-4-13/h7,10,13H,1-6,9H2/t7-/m1/s1. The molecule has 0 amide bonds. The number of hydrogen-bond donors (Lipinski definition) is 3. The minimum atomic E-state index is -0.555. The molecule has 3 N–H and O–H groups in total. The molecule has 0 fully saturated rings. The molecule has 6 heteroatoms. The highest BCUT2D eigenvalue weighted by atomic mass is 32.2. The van der Waals surface area contributed by atoms with Crippen molar-refractivity contribution in [3.05, 3.63) is 0 Å². The minimum Gasteiger partial charge on any atom is -0.464 e. The van der Waals surface area contributed by atoms with Gasteiger partial charge in [0, 0.05) is 11.5 Å². The van der Waals surface area contributed by atoms with Crippen LogP contribution in [0.4, 0.5) is 0 Å². The van der Waals surface area contributed by atoms with E-state index in [1.807, 2.05) is 0 Å². The number of carbonyl (C=O) groups excluding carboxylic acids is 1. The van der Waals surface area contributed by atoms with Crippen LogP contribution < -0.4 is 5.73 Å². The highest BCUT2D eigenvalue weighted by molar-refractivity contribution is 7.99. The van der Waals surface area contributed by atoms with Gasteiger partial charge in [0.05, 0.1) is 6.61 Å². The Morgan fingerprint density at radius 2 is 2.29 bits per heavy atom. The van der Waals surface area contributed by atoms with E-state index in [2.05, 4.69) is 12.6 Å². The summed E-state index contributed by atoms with van der Waals surface area (Å²) in [6, 6.07) is -0.555. The summed E-state index contributed by atoms with van der Waals surface area (Å²) in [5.74, 6) is 1.58. The van der Waals surface area contributed by atoms with Gasteiger partial charge < -0.3 is 15.6 Å². The summed E-state index contributed by atoms with van der Waals surface area (Å²) in [6.45, 7) is 0.462. The average molecular weight is 239 g/mol. The number of ether oxygens (including phenoxy) is 1. The molecular formula is C8H17NO3S2. The zero-order chi connectivity index (χ0) is 10.8. The van der Waals surface area contributed by atoms with Crippen molar-refractivity contribution in [1.82, 2.24) is 0 Å². The fraction of sp³-hybridized carbons (Fsp3) is 0.875. The molecule has 0 aliphatic rings. The third-order valence-corrected chi connectivity index (χ3v) is 2.63. The highest BCUT2D eigenvalue weighted by Gasteiger charge is 2.13. The first-order valence-corrected chi connectivity index (χ1v) is 6.22. The summed E-state index contributed by atoms with van der Waals surface area (Å²) in [6.07, 6.45) is 0.579. The van der Waals surface area contributed by atoms with Crippen LogP contribution in [0.3, 0.4) is 0 Å². The Balaban J connectivity index is 3.42. The van der Waals surface area contributed by atoms with Crippen LogP contribution in [-0.2, 0) is 9.53 Å². The Morgan fingerprint density at radius 3 is 2.86 bits per heavy atom. The summed E-state index contributed by atoms with van der Waals surface area (Å²) in [5.41, 5.74) is 5.56. The topological polar surface area (TPSA) is 72.5 Å². The van der Waals surface area contributed by atoms with Gasteiger partial charge in [0.25, 0.3) is 0 Å². The summed E-state index contributed by atoms with van der Waals surface area (Å²) in [5, 5.41) is 8.50. The zero-order valence-corrected chi connectivity index (χ0v) is 9.73. The Kier molecular flexibility index (Phi) is 9.70. The summed E-state index contributed by atoms with van der Waals surface area (Å²) in [7, 11) is 0. The second-order valence-corrected chi connectivity index (χ2v) is 4.29. The molecule has 0 aromatic carbocycles. The van der Waals surface area contributed by atoms with Crippen LogP contribution in [0.5, 0.6) is 0 Å². The largest absolute Gasteiger partial charge is 0.464 e. The molecule has 0 aromatic heterocycles. The van der Waals surface area contributed by atoms with Crippen LogP contribution in [0.1, 0.15) is 6.42 Å².